The predicted molar refractivity (Wildman–Crippen MR) is 128 cm³/mol. The quantitative estimate of drug-likeness (QED) is 0.422. The number of aliphatic carboxylic acids is 1. The Labute approximate surface area is 206 Å². The number of carbonyl (C=O) groups is 3. The number of nitrogens with one attached hydrogen (secondary N) is 1. The van der Waals surface area contributed by atoms with Gasteiger partial charge in [-0.15, -0.1) is 0 Å². The number of rotatable bonds is 8. The van der Waals surface area contributed by atoms with Gasteiger partial charge in [0.25, 0.3) is 11.6 Å². The van der Waals surface area contributed by atoms with E-state index in [1.165, 1.54) is 30.3 Å². The van der Waals surface area contributed by atoms with E-state index in [9.17, 15) is 34.0 Å². The van der Waals surface area contributed by atoms with Crippen molar-refractivity contribution >= 4 is 29.2 Å². The molecule has 4 rings (SSSR count). The molecule has 11 heteroatoms. The Morgan fingerprint density at radius 3 is 2.44 bits per heavy atom. The van der Waals surface area contributed by atoms with E-state index in [2.05, 4.69) is 5.32 Å². The number of nitro benzene ring substituents is 1. The van der Waals surface area contributed by atoms with Crippen LogP contribution in [-0.4, -0.2) is 58.9 Å². The molecule has 36 heavy (non-hydrogen) atoms. The molecule has 1 saturated heterocycles. The molecule has 1 heterocycles. The zero-order valence-corrected chi connectivity index (χ0v) is 19.6. The Morgan fingerprint density at radius 1 is 1.08 bits per heavy atom. The second-order valence-corrected chi connectivity index (χ2v) is 9.08. The van der Waals surface area contributed by atoms with Gasteiger partial charge in [-0.3, -0.25) is 24.5 Å². The third-order valence-electron chi connectivity index (χ3n) is 6.47. The van der Waals surface area contributed by atoms with Crippen molar-refractivity contribution in [2.24, 2.45) is 5.92 Å². The molecule has 10 nitrogen and oxygen atoms in total. The minimum absolute atomic E-state index is 0.00306. The standard InChI is InChI=1S/C25H27FN4O6/c26-19-7-4-16(5-8-19)20(15-23(31)32)27-24(33)18-6-9-21(22(14-18)30(35)36)28-10-1-11-29(13-12-28)25(34)17-2-3-17/h4-9,14,17,20H,1-3,10-13,15H2,(H,27,33)(H,31,32). The fraction of sp³-hybridized carbons (Fsp3) is 0.400. The molecule has 1 aliphatic carbocycles. The fourth-order valence-corrected chi connectivity index (χ4v) is 4.41. The predicted octanol–water partition coefficient (Wildman–Crippen LogP) is 3.13. The van der Waals surface area contributed by atoms with E-state index in [4.69, 9.17) is 0 Å². The zero-order chi connectivity index (χ0) is 25.8. The van der Waals surface area contributed by atoms with Crippen LogP contribution in [0.4, 0.5) is 15.8 Å². The number of halogens is 1. The molecule has 2 fully saturated rings. The van der Waals surface area contributed by atoms with Crippen molar-refractivity contribution in [2.45, 2.75) is 31.7 Å². The molecule has 2 aliphatic rings. The van der Waals surface area contributed by atoms with Crippen LogP contribution in [0.25, 0.3) is 0 Å². The smallest absolute Gasteiger partial charge is 0.305 e. The molecule has 2 aromatic rings. The summed E-state index contributed by atoms with van der Waals surface area (Å²) in [5.41, 5.74) is 0.510. The van der Waals surface area contributed by atoms with Gasteiger partial charge in [-0.25, -0.2) is 4.39 Å². The highest BCUT2D eigenvalue weighted by molar-refractivity contribution is 5.96. The largest absolute Gasteiger partial charge is 0.481 e. The highest BCUT2D eigenvalue weighted by Gasteiger charge is 2.34. The monoisotopic (exact) mass is 498 g/mol. The van der Waals surface area contributed by atoms with Crippen molar-refractivity contribution in [3.8, 4) is 0 Å². The number of carboxylic acids is 1. The number of hydrogen-bond donors (Lipinski definition) is 2. The van der Waals surface area contributed by atoms with E-state index < -0.39 is 35.1 Å². The van der Waals surface area contributed by atoms with E-state index in [0.29, 0.717) is 43.9 Å². The second kappa shape index (κ2) is 10.7. The first kappa shape index (κ1) is 25.1. The van der Waals surface area contributed by atoms with Gasteiger partial charge < -0.3 is 20.2 Å². The van der Waals surface area contributed by atoms with Crippen LogP contribution >= 0.6 is 0 Å². The molecule has 2 amide bonds. The average molecular weight is 499 g/mol. The van der Waals surface area contributed by atoms with Gasteiger partial charge in [-0.1, -0.05) is 12.1 Å². The molecule has 1 atom stereocenters. The van der Waals surface area contributed by atoms with E-state index >= 15 is 0 Å². The minimum atomic E-state index is -1.17. The molecule has 0 bridgehead atoms. The van der Waals surface area contributed by atoms with Crippen LogP contribution in [-0.2, 0) is 9.59 Å². The summed E-state index contributed by atoms with van der Waals surface area (Å²) in [6.07, 6.45) is 2.07. The number of carboxylic acid groups (broad SMARTS) is 1. The Hall–Kier alpha value is -4.02. The highest BCUT2D eigenvalue weighted by atomic mass is 19.1. The Morgan fingerprint density at radius 2 is 1.81 bits per heavy atom. The van der Waals surface area contributed by atoms with Gasteiger partial charge in [0.1, 0.15) is 11.5 Å². The van der Waals surface area contributed by atoms with Gasteiger partial charge in [0.05, 0.1) is 17.4 Å². The van der Waals surface area contributed by atoms with Crippen molar-refractivity contribution in [2.75, 3.05) is 31.1 Å². The van der Waals surface area contributed by atoms with Crippen molar-refractivity contribution in [1.82, 2.24) is 10.2 Å². The lowest BCUT2D eigenvalue weighted by molar-refractivity contribution is -0.384. The number of nitro groups is 1. The lowest BCUT2D eigenvalue weighted by Crippen LogP contribution is -2.36. The van der Waals surface area contributed by atoms with E-state index in [0.717, 1.165) is 25.0 Å². The van der Waals surface area contributed by atoms with Crippen LogP contribution in [0.3, 0.4) is 0 Å². The maximum Gasteiger partial charge on any atom is 0.305 e. The van der Waals surface area contributed by atoms with Crippen molar-refractivity contribution < 1.29 is 28.8 Å². The summed E-state index contributed by atoms with van der Waals surface area (Å²) < 4.78 is 13.3. The maximum absolute atomic E-state index is 13.3. The maximum atomic E-state index is 13.3. The average Bonchev–Trinajstić information content (AvgIpc) is 3.70. The molecule has 1 unspecified atom stereocenters. The topological polar surface area (TPSA) is 133 Å². The third-order valence-corrected chi connectivity index (χ3v) is 6.47. The summed E-state index contributed by atoms with van der Waals surface area (Å²) in [7, 11) is 0. The van der Waals surface area contributed by atoms with E-state index in [-0.39, 0.29) is 23.1 Å². The normalized spacial score (nSPS) is 16.7. The molecule has 0 radical (unpaired) electrons. The number of benzene rings is 2. The molecule has 2 N–H and O–H groups in total. The van der Waals surface area contributed by atoms with Crippen LogP contribution in [0, 0.1) is 21.8 Å². The summed E-state index contributed by atoms with van der Waals surface area (Å²) >= 11 is 0. The molecule has 0 spiro atoms. The molecular weight excluding hydrogens is 471 g/mol. The summed E-state index contributed by atoms with van der Waals surface area (Å²) in [6, 6.07) is 8.28. The molecular formula is C25H27FN4O6. The first-order chi connectivity index (χ1) is 17.2. The molecule has 1 saturated carbocycles. The second-order valence-electron chi connectivity index (χ2n) is 9.08. The molecule has 1 aliphatic heterocycles. The summed E-state index contributed by atoms with van der Waals surface area (Å²) in [6.45, 7) is 2.06. The third kappa shape index (κ3) is 5.96. The van der Waals surface area contributed by atoms with Gasteiger partial charge in [0, 0.05) is 43.7 Å². The minimum Gasteiger partial charge on any atom is -0.481 e. The van der Waals surface area contributed by atoms with Crippen LogP contribution in [0.5, 0.6) is 0 Å². The fourth-order valence-electron chi connectivity index (χ4n) is 4.41. The van der Waals surface area contributed by atoms with Crippen LogP contribution in [0.15, 0.2) is 42.5 Å². The molecule has 2 aromatic carbocycles. The van der Waals surface area contributed by atoms with Crippen molar-refractivity contribution in [1.29, 1.82) is 0 Å². The van der Waals surface area contributed by atoms with Crippen molar-refractivity contribution in [3.05, 3.63) is 69.5 Å². The van der Waals surface area contributed by atoms with Gasteiger partial charge in [0.2, 0.25) is 5.91 Å². The summed E-state index contributed by atoms with van der Waals surface area (Å²) in [5, 5.41) is 23.7. The van der Waals surface area contributed by atoms with E-state index in [1.54, 1.807) is 0 Å². The lowest BCUT2D eigenvalue weighted by atomic mass is 10.0. The number of anilines is 1. The van der Waals surface area contributed by atoms with Crippen LogP contribution in [0.2, 0.25) is 0 Å². The van der Waals surface area contributed by atoms with Crippen LogP contribution in [0.1, 0.15) is 47.6 Å². The number of nitrogens with zero attached hydrogens (tertiary/aromatic N) is 3. The zero-order valence-electron chi connectivity index (χ0n) is 19.6. The Bertz CT molecular complexity index is 1170. The SMILES string of the molecule is O=C(O)CC(NC(=O)c1ccc(N2CCCN(C(=O)C3CC3)CC2)c([N+](=O)[O-])c1)c1ccc(F)cc1. The first-order valence-corrected chi connectivity index (χ1v) is 11.8. The van der Waals surface area contributed by atoms with Gasteiger partial charge in [-0.2, -0.15) is 0 Å². The number of amides is 2. The molecule has 0 aromatic heterocycles. The van der Waals surface area contributed by atoms with Gasteiger partial charge in [-0.05, 0) is 49.1 Å². The van der Waals surface area contributed by atoms with E-state index in [1.807, 2.05) is 9.80 Å². The Balaban J connectivity index is 1.51. The van der Waals surface area contributed by atoms with Crippen LogP contribution < -0.4 is 10.2 Å². The van der Waals surface area contributed by atoms with Crippen molar-refractivity contribution in [3.63, 3.8) is 0 Å². The molecule has 190 valence electrons. The van der Waals surface area contributed by atoms with Gasteiger partial charge >= 0.3 is 5.97 Å². The number of carbonyl (C=O) groups excluding carboxylic acids is 2. The summed E-state index contributed by atoms with van der Waals surface area (Å²) in [4.78, 5) is 51.7. The van der Waals surface area contributed by atoms with Gasteiger partial charge in [0.15, 0.2) is 0 Å². The Kier molecular flexibility index (Phi) is 7.47. The first-order valence-electron chi connectivity index (χ1n) is 11.8. The summed E-state index contributed by atoms with van der Waals surface area (Å²) in [5.74, 6) is -2.09. The lowest BCUT2D eigenvalue weighted by Gasteiger charge is -2.24. The highest BCUT2D eigenvalue weighted by Crippen LogP contribution is 2.33. The number of hydrogen-bond acceptors (Lipinski definition) is 6.